The largest absolute Gasteiger partial charge is 2.00 e. The Kier molecular flexibility index (Phi) is 25.1. The molecule has 2 nitrogen and oxygen atoms in total. The van der Waals surface area contributed by atoms with Crippen molar-refractivity contribution in [1.29, 1.82) is 0 Å². The Morgan fingerprint density at radius 1 is 0.909 bits per heavy atom. The number of carbonyl (C=O) groups is 1. The van der Waals surface area contributed by atoms with Crippen molar-refractivity contribution in [2.75, 3.05) is 11.5 Å². The van der Waals surface area contributed by atoms with Crippen molar-refractivity contribution in [1.82, 2.24) is 0 Å². The monoisotopic (exact) mass is 536 g/mol. The van der Waals surface area contributed by atoms with Gasteiger partial charge in [-0.05, 0) is 55.1 Å². The molecule has 0 aromatic heterocycles. The van der Waals surface area contributed by atoms with E-state index in [4.69, 9.17) is 5.11 Å². The van der Waals surface area contributed by atoms with Crippen LogP contribution >= 0.6 is 23.5 Å². The molecular weight excluding hydrogens is 488 g/mol. The molecule has 0 amide bonds. The zero-order chi connectivity index (χ0) is 21.3. The summed E-state index contributed by atoms with van der Waals surface area (Å²) in [7, 11) is 0. The molecule has 1 aromatic carbocycles. The summed E-state index contributed by atoms with van der Waals surface area (Å²) in [5.74, 6) is 3.96. The molecule has 0 spiro atoms. The van der Waals surface area contributed by atoms with Crippen LogP contribution in [0.1, 0.15) is 95.5 Å². The van der Waals surface area contributed by atoms with Crippen LogP contribution in [-0.2, 0) is 27.6 Å². The average Bonchev–Trinajstić information content (AvgIpc) is 3.49. The molecule has 1 atom stereocenters. The first-order chi connectivity index (χ1) is 14.7. The van der Waals surface area contributed by atoms with E-state index in [2.05, 4.69) is 53.9 Å². The van der Waals surface area contributed by atoms with E-state index in [0.717, 1.165) is 30.9 Å². The minimum Gasteiger partial charge on any atom is -0.481 e. The summed E-state index contributed by atoms with van der Waals surface area (Å²) in [6.07, 6.45) is 17.8. The van der Waals surface area contributed by atoms with Crippen LogP contribution in [0.25, 0.3) is 0 Å². The molecule has 192 valence electrons. The molecule has 1 unspecified atom stereocenters. The number of hydrogen-bond donors (Lipinski definition) is 1. The maximum atomic E-state index is 10.7. The summed E-state index contributed by atoms with van der Waals surface area (Å²) >= 11 is 4.19. The molecular formula is C28H48FeO2S2. The molecule has 0 bridgehead atoms. The third-order valence-electron chi connectivity index (χ3n) is 6.16. The van der Waals surface area contributed by atoms with Gasteiger partial charge in [0.15, 0.2) is 0 Å². The van der Waals surface area contributed by atoms with Crippen LogP contribution in [0.2, 0.25) is 0 Å². The summed E-state index contributed by atoms with van der Waals surface area (Å²) < 4.78 is 0. The number of aliphatic carboxylic acids is 1. The van der Waals surface area contributed by atoms with E-state index in [-0.39, 0.29) is 31.9 Å². The first-order valence-corrected chi connectivity index (χ1v) is 14.4. The fourth-order valence-electron chi connectivity index (χ4n) is 4.27. The topological polar surface area (TPSA) is 37.3 Å². The molecule has 0 heterocycles. The Morgan fingerprint density at radius 3 is 2.09 bits per heavy atom. The van der Waals surface area contributed by atoms with E-state index in [1.807, 2.05) is 0 Å². The predicted octanol–water partition coefficient (Wildman–Crippen LogP) is 9.10. The molecule has 2 aliphatic carbocycles. The van der Waals surface area contributed by atoms with Gasteiger partial charge in [-0.2, -0.15) is 23.5 Å². The second kappa shape index (κ2) is 23.6. The Balaban J connectivity index is 0. The van der Waals surface area contributed by atoms with Crippen molar-refractivity contribution in [3.8, 4) is 0 Å². The zero-order valence-corrected chi connectivity index (χ0v) is 23.8. The van der Waals surface area contributed by atoms with Gasteiger partial charge < -0.3 is 20.0 Å². The smallest absolute Gasteiger partial charge is 0.481 e. The number of rotatable bonds is 13. The van der Waals surface area contributed by atoms with Crippen molar-refractivity contribution in [3.63, 3.8) is 0 Å². The van der Waals surface area contributed by atoms with Gasteiger partial charge in [0.2, 0.25) is 0 Å². The third-order valence-corrected chi connectivity index (χ3v) is 8.83. The van der Waals surface area contributed by atoms with Crippen LogP contribution in [0, 0.1) is 20.8 Å². The number of hydrogen-bond acceptors (Lipinski definition) is 3. The summed E-state index contributed by atoms with van der Waals surface area (Å²) in [5, 5.41) is 9.46. The van der Waals surface area contributed by atoms with E-state index in [0.29, 0.717) is 11.7 Å². The molecule has 0 radical (unpaired) electrons. The second-order valence-electron chi connectivity index (χ2n) is 8.84. The van der Waals surface area contributed by atoms with Crippen LogP contribution in [0.15, 0.2) is 30.3 Å². The van der Waals surface area contributed by atoms with Gasteiger partial charge in [0.05, 0.1) is 0 Å². The molecule has 1 aromatic rings. The summed E-state index contributed by atoms with van der Waals surface area (Å²) in [5.41, 5.74) is 1.39. The van der Waals surface area contributed by atoms with E-state index in [1.54, 1.807) is 0 Å². The van der Waals surface area contributed by atoms with Crippen LogP contribution in [0.3, 0.4) is 0 Å². The van der Waals surface area contributed by atoms with Gasteiger partial charge in [0.1, 0.15) is 0 Å². The van der Waals surface area contributed by atoms with Gasteiger partial charge in [0, 0.05) is 17.4 Å². The van der Waals surface area contributed by atoms with Gasteiger partial charge in [-0.25, -0.2) is 0 Å². The Bertz CT molecular complexity index is 538. The van der Waals surface area contributed by atoms with Crippen LogP contribution in [-0.4, -0.2) is 27.8 Å². The fraction of sp³-hybridized carbons (Fsp3) is 0.679. The van der Waals surface area contributed by atoms with Gasteiger partial charge >= 0.3 is 23.0 Å². The predicted molar refractivity (Wildman–Crippen MR) is 147 cm³/mol. The first-order valence-electron chi connectivity index (χ1n) is 12.2. The van der Waals surface area contributed by atoms with Crippen LogP contribution in [0.5, 0.6) is 0 Å². The summed E-state index contributed by atoms with van der Waals surface area (Å²) in [4.78, 5) is 10.7. The SMILES string of the molecule is C1CCCC1.O=C(O)CCCCC(CCSCC1CCCC1)SCc1ccccc1.[CH3-].[CH3-].[Fe+2]. The van der Waals surface area contributed by atoms with Gasteiger partial charge in [-0.3, -0.25) is 4.79 Å². The Hall–Kier alpha value is -0.0905. The number of carboxylic acid groups (broad SMARTS) is 1. The van der Waals surface area contributed by atoms with Crippen molar-refractivity contribution in [3.05, 3.63) is 50.7 Å². The minimum atomic E-state index is -0.666. The van der Waals surface area contributed by atoms with Crippen molar-refractivity contribution in [2.24, 2.45) is 5.92 Å². The van der Waals surface area contributed by atoms with E-state index in [9.17, 15) is 4.79 Å². The molecule has 1 N–H and O–H groups in total. The molecule has 2 fully saturated rings. The van der Waals surface area contributed by atoms with E-state index >= 15 is 0 Å². The van der Waals surface area contributed by atoms with E-state index < -0.39 is 5.97 Å². The second-order valence-corrected chi connectivity index (χ2v) is 11.3. The van der Waals surface area contributed by atoms with Gasteiger partial charge in [-0.15, -0.1) is 0 Å². The van der Waals surface area contributed by atoms with Crippen LogP contribution < -0.4 is 0 Å². The summed E-state index contributed by atoms with van der Waals surface area (Å²) in [6, 6.07) is 10.7. The maximum Gasteiger partial charge on any atom is 2.00 e. The minimum absolute atomic E-state index is 0. The summed E-state index contributed by atoms with van der Waals surface area (Å²) in [6.45, 7) is 0. The quantitative estimate of drug-likeness (QED) is 0.155. The normalized spacial score (nSPS) is 15.9. The van der Waals surface area contributed by atoms with Crippen LogP contribution in [0.4, 0.5) is 0 Å². The number of benzene rings is 1. The Morgan fingerprint density at radius 2 is 1.52 bits per heavy atom. The number of carboxylic acids is 1. The van der Waals surface area contributed by atoms with Crippen molar-refractivity contribution < 1.29 is 27.0 Å². The van der Waals surface area contributed by atoms with E-state index in [1.165, 1.54) is 81.3 Å². The molecule has 33 heavy (non-hydrogen) atoms. The molecule has 5 heteroatoms. The number of unbranched alkanes of at least 4 members (excludes halogenated alkanes) is 1. The van der Waals surface area contributed by atoms with Gasteiger partial charge in [-0.1, -0.05) is 81.7 Å². The molecule has 0 aliphatic heterocycles. The standard InChI is InChI=1S/C21H32O2S2.C5H10.2CH3.Fe/c22-21(23)13-7-6-12-20(25-17-19-8-2-1-3-9-19)14-15-24-16-18-10-4-5-11-18;1-2-4-5-3-1;;;/h1-3,8-9,18,20H,4-7,10-17H2,(H,22,23);1-5H2;2*1H3;/q;;2*-1;+2. The fourth-order valence-corrected chi connectivity index (χ4v) is 6.95. The van der Waals surface area contributed by atoms with Crippen molar-refractivity contribution >= 4 is 29.5 Å². The third kappa shape index (κ3) is 18.9. The molecule has 2 aliphatic rings. The molecule has 2 saturated carbocycles. The number of thioether (sulfide) groups is 2. The average molecular weight is 537 g/mol. The van der Waals surface area contributed by atoms with Crippen molar-refractivity contribution in [2.45, 2.75) is 101 Å². The molecule has 0 saturated heterocycles. The zero-order valence-electron chi connectivity index (χ0n) is 21.1. The van der Waals surface area contributed by atoms with Gasteiger partial charge in [0.25, 0.3) is 0 Å². The maximum absolute atomic E-state index is 10.7. The molecule has 3 rings (SSSR count). The first kappa shape index (κ1) is 35.1. The Labute approximate surface area is 224 Å².